The molecule has 1 saturated heterocycles. The number of likely N-dealkylation sites (tertiary alicyclic amines) is 1. The molecular formula is C25H25Cl2NO2. The fraction of sp³-hybridized carbons (Fsp3) is 0.400. The normalized spacial score (nSPS) is 21.4. The number of aryl methyl sites for hydroxylation is 1. The predicted molar refractivity (Wildman–Crippen MR) is 121 cm³/mol. The Hall–Kier alpha value is -1.99. The minimum absolute atomic E-state index is 0.250. The Morgan fingerprint density at radius 2 is 1.80 bits per heavy atom. The van der Waals surface area contributed by atoms with E-state index in [1.54, 1.807) is 0 Å². The van der Waals surface area contributed by atoms with Gasteiger partial charge in [-0.15, -0.1) is 0 Å². The van der Waals surface area contributed by atoms with Crippen molar-refractivity contribution in [2.24, 2.45) is 11.3 Å². The van der Waals surface area contributed by atoms with Gasteiger partial charge in [-0.1, -0.05) is 54.1 Å². The first kappa shape index (κ1) is 21.2. The average Bonchev–Trinajstić information content (AvgIpc) is 3.06. The van der Waals surface area contributed by atoms with E-state index >= 15 is 0 Å². The van der Waals surface area contributed by atoms with E-state index in [1.165, 1.54) is 43.5 Å². The van der Waals surface area contributed by atoms with E-state index in [4.69, 9.17) is 33.1 Å². The van der Waals surface area contributed by atoms with E-state index < -0.39 is 0 Å². The van der Waals surface area contributed by atoms with Crippen molar-refractivity contribution in [3.8, 4) is 11.8 Å². The van der Waals surface area contributed by atoms with Gasteiger partial charge < -0.3 is 5.11 Å². The van der Waals surface area contributed by atoms with E-state index in [0.717, 1.165) is 17.9 Å². The second kappa shape index (κ2) is 8.63. The van der Waals surface area contributed by atoms with Gasteiger partial charge in [0, 0.05) is 24.7 Å². The summed E-state index contributed by atoms with van der Waals surface area (Å²) in [4.78, 5) is 11.1. The molecule has 2 aromatic carbocycles. The number of carbonyl (C=O) groups is 1. The molecule has 0 bridgehead atoms. The van der Waals surface area contributed by atoms with Gasteiger partial charge in [0.05, 0.1) is 15.6 Å². The van der Waals surface area contributed by atoms with Crippen LogP contribution in [0.4, 0.5) is 0 Å². The molecule has 1 atom stereocenters. The standard InChI is InChI=1S/C24H23Cl2N.CH2O2/c1-16-12-24(13-16)14-27(15-24)23-10-7-18-11-17(5-8-19(18)23)6-9-20-21(25)3-2-4-22(20)26;2-1-3/h2-5,8,11,16,23H,7,10,12-15H2,1H3;1H,(H,2,3). The Labute approximate surface area is 188 Å². The molecule has 156 valence electrons. The minimum atomic E-state index is -0.250. The van der Waals surface area contributed by atoms with Crippen LogP contribution in [-0.4, -0.2) is 29.6 Å². The summed E-state index contributed by atoms with van der Waals surface area (Å²) < 4.78 is 0. The third-order valence-electron chi connectivity index (χ3n) is 6.56. The summed E-state index contributed by atoms with van der Waals surface area (Å²) in [6.45, 7) is 4.74. The van der Waals surface area contributed by atoms with Crippen LogP contribution in [0.15, 0.2) is 36.4 Å². The first-order valence-corrected chi connectivity index (χ1v) is 11.1. The van der Waals surface area contributed by atoms with Gasteiger partial charge in [-0.3, -0.25) is 9.69 Å². The average molecular weight is 442 g/mol. The van der Waals surface area contributed by atoms with Crippen LogP contribution in [-0.2, 0) is 11.2 Å². The number of carboxylic acid groups (broad SMARTS) is 1. The first-order valence-electron chi connectivity index (χ1n) is 10.4. The molecule has 5 heteroatoms. The summed E-state index contributed by atoms with van der Waals surface area (Å²) in [7, 11) is 0. The second-order valence-corrected chi connectivity index (χ2v) is 9.65. The van der Waals surface area contributed by atoms with Crippen LogP contribution < -0.4 is 0 Å². The summed E-state index contributed by atoms with van der Waals surface area (Å²) >= 11 is 12.4. The zero-order valence-corrected chi connectivity index (χ0v) is 18.5. The molecule has 1 unspecified atom stereocenters. The van der Waals surface area contributed by atoms with Crippen LogP contribution in [0.2, 0.25) is 10.0 Å². The molecule has 0 aromatic heterocycles. The van der Waals surface area contributed by atoms with Gasteiger partial charge in [0.2, 0.25) is 0 Å². The third kappa shape index (κ3) is 4.10. The Balaban J connectivity index is 0.000000687. The van der Waals surface area contributed by atoms with Crippen LogP contribution in [0, 0.1) is 23.2 Å². The number of fused-ring (bicyclic) bond motifs is 1. The lowest BCUT2D eigenvalue weighted by Gasteiger charge is -2.60. The van der Waals surface area contributed by atoms with Crippen molar-refractivity contribution in [1.82, 2.24) is 4.90 Å². The first-order chi connectivity index (χ1) is 14.4. The predicted octanol–water partition coefficient (Wildman–Crippen LogP) is 5.81. The van der Waals surface area contributed by atoms with Crippen LogP contribution >= 0.6 is 23.2 Å². The number of halogens is 2. The van der Waals surface area contributed by atoms with Crippen molar-refractivity contribution in [2.75, 3.05) is 13.1 Å². The summed E-state index contributed by atoms with van der Waals surface area (Å²) in [6.07, 6.45) is 5.26. The quantitative estimate of drug-likeness (QED) is 0.448. The maximum atomic E-state index is 8.36. The minimum Gasteiger partial charge on any atom is -0.483 e. The topological polar surface area (TPSA) is 40.5 Å². The van der Waals surface area contributed by atoms with E-state index in [9.17, 15) is 0 Å². The molecule has 1 saturated carbocycles. The summed E-state index contributed by atoms with van der Waals surface area (Å²) in [5, 5.41) is 8.10. The van der Waals surface area contributed by atoms with Gasteiger partial charge in [0.15, 0.2) is 0 Å². The lowest BCUT2D eigenvalue weighted by Crippen LogP contribution is -2.62. The molecule has 0 radical (unpaired) electrons. The number of hydrogen-bond donors (Lipinski definition) is 1. The molecule has 1 N–H and O–H groups in total. The van der Waals surface area contributed by atoms with Gasteiger partial charge in [-0.2, -0.15) is 0 Å². The highest BCUT2D eigenvalue weighted by atomic mass is 35.5. The Morgan fingerprint density at radius 3 is 2.43 bits per heavy atom. The van der Waals surface area contributed by atoms with Crippen molar-refractivity contribution in [1.29, 1.82) is 0 Å². The zero-order chi connectivity index (χ0) is 21.3. The fourth-order valence-corrected chi connectivity index (χ4v) is 6.01. The molecule has 2 aliphatic carbocycles. The van der Waals surface area contributed by atoms with Crippen LogP contribution in [0.25, 0.3) is 0 Å². The number of nitrogens with zero attached hydrogens (tertiary/aromatic N) is 1. The number of hydrogen-bond acceptors (Lipinski definition) is 2. The van der Waals surface area contributed by atoms with Crippen LogP contribution in [0.3, 0.4) is 0 Å². The molecule has 1 spiro atoms. The molecule has 5 rings (SSSR count). The van der Waals surface area contributed by atoms with E-state index in [1.807, 2.05) is 18.2 Å². The summed E-state index contributed by atoms with van der Waals surface area (Å²) in [5.41, 5.74) is 5.39. The second-order valence-electron chi connectivity index (χ2n) is 8.84. The highest BCUT2D eigenvalue weighted by Gasteiger charge is 2.52. The monoisotopic (exact) mass is 441 g/mol. The van der Waals surface area contributed by atoms with Crippen molar-refractivity contribution < 1.29 is 9.90 Å². The highest BCUT2D eigenvalue weighted by Crippen LogP contribution is 2.55. The van der Waals surface area contributed by atoms with Gasteiger partial charge >= 0.3 is 0 Å². The molecule has 3 aliphatic rings. The molecule has 0 amide bonds. The maximum absolute atomic E-state index is 8.36. The van der Waals surface area contributed by atoms with Crippen LogP contribution in [0.5, 0.6) is 0 Å². The summed E-state index contributed by atoms with van der Waals surface area (Å²) in [6, 6.07) is 12.8. The smallest absolute Gasteiger partial charge is 0.290 e. The molecule has 1 heterocycles. The molecule has 2 aromatic rings. The Kier molecular flexibility index (Phi) is 6.11. The van der Waals surface area contributed by atoms with Crippen molar-refractivity contribution in [3.63, 3.8) is 0 Å². The fourth-order valence-electron chi connectivity index (χ4n) is 5.52. The third-order valence-corrected chi connectivity index (χ3v) is 7.19. The van der Waals surface area contributed by atoms with Gasteiger partial charge in [0.1, 0.15) is 0 Å². The molecule has 30 heavy (non-hydrogen) atoms. The largest absolute Gasteiger partial charge is 0.483 e. The molecule has 1 aliphatic heterocycles. The lowest BCUT2D eigenvalue weighted by atomic mass is 9.58. The number of benzene rings is 2. The van der Waals surface area contributed by atoms with E-state index in [-0.39, 0.29) is 6.47 Å². The number of rotatable bonds is 1. The van der Waals surface area contributed by atoms with E-state index in [2.05, 4.69) is 41.9 Å². The van der Waals surface area contributed by atoms with Gasteiger partial charge in [-0.05, 0) is 72.4 Å². The Bertz CT molecular complexity index is 989. The zero-order valence-electron chi connectivity index (χ0n) is 17.0. The van der Waals surface area contributed by atoms with Crippen molar-refractivity contribution in [3.05, 3.63) is 68.7 Å². The lowest BCUT2D eigenvalue weighted by molar-refractivity contribution is -0.122. The maximum Gasteiger partial charge on any atom is 0.290 e. The Morgan fingerprint density at radius 1 is 1.13 bits per heavy atom. The van der Waals surface area contributed by atoms with Gasteiger partial charge in [-0.25, -0.2) is 0 Å². The highest BCUT2D eigenvalue weighted by molar-refractivity contribution is 6.36. The molecule has 2 fully saturated rings. The SMILES string of the molecule is CC1CC2(C1)CN(C1CCc3cc(C#Cc4c(Cl)cccc4Cl)ccc31)C2.O=CO. The van der Waals surface area contributed by atoms with Crippen molar-refractivity contribution >= 4 is 29.7 Å². The van der Waals surface area contributed by atoms with Gasteiger partial charge in [0.25, 0.3) is 6.47 Å². The molecular weight excluding hydrogens is 417 g/mol. The van der Waals surface area contributed by atoms with Crippen molar-refractivity contribution in [2.45, 2.75) is 38.6 Å². The molecule has 3 nitrogen and oxygen atoms in total. The van der Waals surface area contributed by atoms with Crippen LogP contribution in [0.1, 0.15) is 54.5 Å². The van der Waals surface area contributed by atoms with E-state index in [0.29, 0.717) is 27.1 Å². The summed E-state index contributed by atoms with van der Waals surface area (Å²) in [5.74, 6) is 7.34.